The molecule has 9 nitrogen and oxygen atoms in total. The van der Waals surface area contributed by atoms with Crippen LogP contribution in [0.4, 0.5) is 29.5 Å². The predicted molar refractivity (Wildman–Crippen MR) is 131 cm³/mol. The van der Waals surface area contributed by atoms with Gasteiger partial charge >= 0.3 is 12.3 Å². The number of aromatic nitrogens is 3. The maximum absolute atomic E-state index is 13.9. The van der Waals surface area contributed by atoms with Gasteiger partial charge in [-0.15, -0.1) is 0 Å². The van der Waals surface area contributed by atoms with Crippen LogP contribution in [0.1, 0.15) is 36.8 Å². The molecule has 0 bridgehead atoms. The van der Waals surface area contributed by atoms with Gasteiger partial charge in [0.2, 0.25) is 0 Å². The van der Waals surface area contributed by atoms with Gasteiger partial charge in [-0.2, -0.15) is 18.3 Å². The SMILES string of the molecule is CC(C)(C)OC(=O)N1CCN(c2ccc(NC(=O)c3cnn(-c4ccccc4)c3C(F)(F)F)cn2)CC1. The molecule has 1 saturated heterocycles. The number of pyridine rings is 1. The summed E-state index contributed by atoms with van der Waals surface area (Å²) in [7, 11) is 0. The van der Waals surface area contributed by atoms with Crippen molar-refractivity contribution in [3.8, 4) is 5.69 Å². The Hall–Kier alpha value is -4.09. The summed E-state index contributed by atoms with van der Waals surface area (Å²) in [4.78, 5) is 32.9. The summed E-state index contributed by atoms with van der Waals surface area (Å²) in [6.45, 7) is 7.42. The number of nitrogens with zero attached hydrogens (tertiary/aromatic N) is 5. The molecule has 3 aromatic rings. The molecule has 0 atom stereocenters. The number of halogens is 3. The number of anilines is 2. The number of alkyl halides is 3. The van der Waals surface area contributed by atoms with Crippen LogP contribution in [0.5, 0.6) is 0 Å². The summed E-state index contributed by atoms with van der Waals surface area (Å²) in [5, 5.41) is 6.27. The number of hydrogen-bond donors (Lipinski definition) is 1. The first-order valence-corrected chi connectivity index (χ1v) is 11.6. The van der Waals surface area contributed by atoms with Gasteiger partial charge in [-0.25, -0.2) is 14.5 Å². The van der Waals surface area contributed by atoms with Gasteiger partial charge in [0.15, 0.2) is 5.69 Å². The van der Waals surface area contributed by atoms with E-state index in [1.54, 1.807) is 35.2 Å². The second kappa shape index (κ2) is 10.1. The van der Waals surface area contributed by atoms with Crippen LogP contribution < -0.4 is 10.2 Å². The lowest BCUT2D eigenvalue weighted by atomic mass is 10.2. The predicted octanol–water partition coefficient (Wildman–Crippen LogP) is 4.60. The summed E-state index contributed by atoms with van der Waals surface area (Å²) < 4.78 is 47.7. The van der Waals surface area contributed by atoms with E-state index in [1.165, 1.54) is 18.3 Å². The first-order valence-electron chi connectivity index (χ1n) is 11.6. The summed E-state index contributed by atoms with van der Waals surface area (Å²) >= 11 is 0. The fourth-order valence-corrected chi connectivity index (χ4v) is 3.84. The number of para-hydroxylation sites is 1. The molecule has 3 heterocycles. The molecule has 0 spiro atoms. The lowest BCUT2D eigenvalue weighted by Gasteiger charge is -2.36. The average Bonchev–Trinajstić information content (AvgIpc) is 3.31. The van der Waals surface area contributed by atoms with E-state index < -0.39 is 28.9 Å². The van der Waals surface area contributed by atoms with Crippen molar-refractivity contribution in [2.24, 2.45) is 0 Å². The highest BCUT2D eigenvalue weighted by Crippen LogP contribution is 2.34. The number of rotatable bonds is 4. The Morgan fingerprint density at radius 2 is 1.62 bits per heavy atom. The van der Waals surface area contributed by atoms with Crippen LogP contribution in [-0.2, 0) is 10.9 Å². The van der Waals surface area contributed by atoms with Gasteiger partial charge < -0.3 is 19.9 Å². The van der Waals surface area contributed by atoms with Crippen LogP contribution in [0.2, 0.25) is 0 Å². The molecule has 0 unspecified atom stereocenters. The number of carbonyl (C=O) groups excluding carboxylic acids is 2. The fourth-order valence-electron chi connectivity index (χ4n) is 3.84. The van der Waals surface area contributed by atoms with Crippen molar-refractivity contribution < 1.29 is 27.5 Å². The van der Waals surface area contributed by atoms with Crippen molar-refractivity contribution in [1.82, 2.24) is 19.7 Å². The van der Waals surface area contributed by atoms with E-state index in [4.69, 9.17) is 4.74 Å². The summed E-state index contributed by atoms with van der Waals surface area (Å²) in [6.07, 6.45) is -2.89. The van der Waals surface area contributed by atoms with Crippen molar-refractivity contribution >= 4 is 23.5 Å². The van der Waals surface area contributed by atoms with Crippen molar-refractivity contribution in [3.63, 3.8) is 0 Å². The van der Waals surface area contributed by atoms with E-state index in [2.05, 4.69) is 15.4 Å². The van der Waals surface area contributed by atoms with E-state index in [0.717, 1.165) is 6.20 Å². The Balaban J connectivity index is 1.42. The van der Waals surface area contributed by atoms with Crippen LogP contribution in [0.25, 0.3) is 5.69 Å². The maximum Gasteiger partial charge on any atom is 0.434 e. The molecule has 1 aliphatic heterocycles. The van der Waals surface area contributed by atoms with Gasteiger partial charge in [0.05, 0.1) is 29.3 Å². The molecule has 1 aliphatic rings. The van der Waals surface area contributed by atoms with Crippen LogP contribution in [0.15, 0.2) is 54.9 Å². The third kappa shape index (κ3) is 6.19. The Morgan fingerprint density at radius 1 is 0.946 bits per heavy atom. The molecule has 0 saturated carbocycles. The lowest BCUT2D eigenvalue weighted by Crippen LogP contribution is -2.50. The van der Waals surface area contributed by atoms with Crippen LogP contribution in [0.3, 0.4) is 0 Å². The molecular formula is C25H27F3N6O3. The van der Waals surface area contributed by atoms with Gasteiger partial charge in [-0.05, 0) is 45.0 Å². The van der Waals surface area contributed by atoms with E-state index in [1.807, 2.05) is 25.7 Å². The zero-order valence-electron chi connectivity index (χ0n) is 20.6. The van der Waals surface area contributed by atoms with Gasteiger partial charge in [-0.3, -0.25) is 4.79 Å². The molecule has 2 aromatic heterocycles. The largest absolute Gasteiger partial charge is 0.444 e. The minimum absolute atomic E-state index is 0.187. The Labute approximate surface area is 211 Å². The van der Waals surface area contributed by atoms with Crippen LogP contribution in [0, 0.1) is 0 Å². The van der Waals surface area contributed by atoms with E-state index in [0.29, 0.717) is 36.7 Å². The summed E-state index contributed by atoms with van der Waals surface area (Å²) in [5.41, 5.74) is -1.91. The molecule has 1 fully saturated rings. The molecule has 1 aromatic carbocycles. The molecule has 12 heteroatoms. The van der Waals surface area contributed by atoms with Gasteiger partial charge in [0, 0.05) is 26.2 Å². The quantitative estimate of drug-likeness (QED) is 0.545. The van der Waals surface area contributed by atoms with Crippen LogP contribution in [-0.4, -0.2) is 63.4 Å². The highest BCUT2D eigenvalue weighted by molar-refractivity contribution is 6.05. The minimum atomic E-state index is -4.80. The van der Waals surface area contributed by atoms with Crippen LogP contribution >= 0.6 is 0 Å². The first kappa shape index (κ1) is 26.0. The molecule has 0 aliphatic carbocycles. The Kier molecular flexibility index (Phi) is 7.10. The Bertz CT molecular complexity index is 1250. The Morgan fingerprint density at radius 3 is 2.19 bits per heavy atom. The third-order valence-electron chi connectivity index (χ3n) is 5.54. The number of hydrogen-bond acceptors (Lipinski definition) is 6. The lowest BCUT2D eigenvalue weighted by molar-refractivity contribution is -0.143. The monoisotopic (exact) mass is 516 g/mol. The minimum Gasteiger partial charge on any atom is -0.444 e. The number of amides is 2. The number of nitrogens with one attached hydrogen (secondary N) is 1. The molecule has 196 valence electrons. The van der Waals surface area contributed by atoms with E-state index in [-0.39, 0.29) is 17.5 Å². The normalized spacial score (nSPS) is 14.4. The fraction of sp³-hybridized carbons (Fsp3) is 0.360. The zero-order valence-corrected chi connectivity index (χ0v) is 20.6. The van der Waals surface area contributed by atoms with Crippen molar-refractivity contribution in [2.75, 3.05) is 36.4 Å². The summed E-state index contributed by atoms with van der Waals surface area (Å²) in [6, 6.07) is 11.0. The standard InChI is InChI=1S/C25H27F3N6O3/c1-24(2,3)37-23(36)33-13-11-32(12-14-33)20-10-9-17(15-29-20)31-22(35)19-16-30-34(21(19)25(26,27)28)18-7-5-4-6-8-18/h4-10,15-16H,11-14H2,1-3H3,(H,31,35). The smallest absolute Gasteiger partial charge is 0.434 e. The molecule has 37 heavy (non-hydrogen) atoms. The first-order chi connectivity index (χ1) is 17.4. The second-order valence-electron chi connectivity index (χ2n) is 9.47. The number of piperazine rings is 1. The molecule has 4 rings (SSSR count). The van der Waals surface area contributed by atoms with E-state index in [9.17, 15) is 22.8 Å². The molecule has 2 amide bonds. The van der Waals surface area contributed by atoms with Gasteiger partial charge in [0.25, 0.3) is 5.91 Å². The van der Waals surface area contributed by atoms with Crippen molar-refractivity contribution in [1.29, 1.82) is 0 Å². The number of ether oxygens (including phenoxy) is 1. The third-order valence-corrected chi connectivity index (χ3v) is 5.54. The topological polar surface area (TPSA) is 92.6 Å². The van der Waals surface area contributed by atoms with Gasteiger partial charge in [-0.1, -0.05) is 18.2 Å². The number of carbonyl (C=O) groups is 2. The zero-order chi connectivity index (χ0) is 26.8. The number of benzene rings is 1. The van der Waals surface area contributed by atoms with E-state index >= 15 is 0 Å². The molecule has 0 radical (unpaired) electrons. The highest BCUT2D eigenvalue weighted by atomic mass is 19.4. The molecular weight excluding hydrogens is 489 g/mol. The maximum atomic E-state index is 13.9. The molecule has 1 N–H and O–H groups in total. The average molecular weight is 517 g/mol. The van der Waals surface area contributed by atoms with Crippen molar-refractivity contribution in [3.05, 3.63) is 66.1 Å². The second-order valence-corrected chi connectivity index (χ2v) is 9.47. The summed E-state index contributed by atoms with van der Waals surface area (Å²) in [5.74, 6) is -0.329. The van der Waals surface area contributed by atoms with Crippen molar-refractivity contribution in [2.45, 2.75) is 32.5 Å². The highest BCUT2D eigenvalue weighted by Gasteiger charge is 2.40. The van der Waals surface area contributed by atoms with Gasteiger partial charge in [0.1, 0.15) is 11.4 Å².